The van der Waals surface area contributed by atoms with Crippen LogP contribution in [0.3, 0.4) is 0 Å². The standard InChI is InChI=1S/C24H22N2O3/c1-15-6-8-17(13-19(15)18-4-2-3-5-20(18)25)26-23(27)24(10-11-24)16-7-9-21-22(12-16)29-14-28-21/h2-9,12-13H,10-11,14,25H2,1H3,(H,26,27). The maximum absolute atomic E-state index is 13.2. The molecule has 0 bridgehead atoms. The molecule has 1 amide bonds. The van der Waals surface area contributed by atoms with Crippen molar-refractivity contribution in [3.05, 3.63) is 71.8 Å². The molecule has 0 spiro atoms. The van der Waals surface area contributed by atoms with Gasteiger partial charge in [-0.15, -0.1) is 0 Å². The largest absolute Gasteiger partial charge is 0.454 e. The summed E-state index contributed by atoms with van der Waals surface area (Å²) in [6.45, 7) is 2.27. The quantitative estimate of drug-likeness (QED) is 0.641. The fourth-order valence-electron chi connectivity index (χ4n) is 3.95. The van der Waals surface area contributed by atoms with Gasteiger partial charge in [-0.25, -0.2) is 0 Å². The molecule has 0 unspecified atom stereocenters. The molecule has 0 saturated heterocycles. The van der Waals surface area contributed by atoms with Gasteiger partial charge < -0.3 is 20.5 Å². The Kier molecular flexibility index (Phi) is 3.98. The molecule has 29 heavy (non-hydrogen) atoms. The topological polar surface area (TPSA) is 73.6 Å². The monoisotopic (exact) mass is 386 g/mol. The van der Waals surface area contributed by atoms with Crippen molar-refractivity contribution in [3.63, 3.8) is 0 Å². The third-order valence-corrected chi connectivity index (χ3v) is 5.86. The lowest BCUT2D eigenvalue weighted by Crippen LogP contribution is -2.27. The van der Waals surface area contributed by atoms with Crippen molar-refractivity contribution >= 4 is 17.3 Å². The van der Waals surface area contributed by atoms with E-state index in [1.54, 1.807) is 0 Å². The Morgan fingerprint density at radius 2 is 1.76 bits per heavy atom. The normalized spacial score (nSPS) is 15.8. The molecule has 1 aliphatic heterocycles. The molecule has 1 saturated carbocycles. The summed E-state index contributed by atoms with van der Waals surface area (Å²) in [7, 11) is 0. The minimum Gasteiger partial charge on any atom is -0.454 e. The molecule has 1 fully saturated rings. The lowest BCUT2D eigenvalue weighted by atomic mass is 9.94. The van der Waals surface area contributed by atoms with Gasteiger partial charge in [0.1, 0.15) is 0 Å². The van der Waals surface area contributed by atoms with Crippen LogP contribution in [0.15, 0.2) is 60.7 Å². The van der Waals surface area contributed by atoms with E-state index >= 15 is 0 Å². The van der Waals surface area contributed by atoms with Crippen molar-refractivity contribution in [2.75, 3.05) is 17.8 Å². The van der Waals surface area contributed by atoms with E-state index in [0.717, 1.165) is 52.2 Å². The predicted molar refractivity (Wildman–Crippen MR) is 113 cm³/mol. The van der Waals surface area contributed by atoms with Crippen LogP contribution in [0.25, 0.3) is 11.1 Å². The van der Waals surface area contributed by atoms with E-state index in [2.05, 4.69) is 5.32 Å². The van der Waals surface area contributed by atoms with Crippen molar-refractivity contribution in [2.24, 2.45) is 0 Å². The summed E-state index contributed by atoms with van der Waals surface area (Å²) >= 11 is 0. The van der Waals surface area contributed by atoms with Gasteiger partial charge in [-0.1, -0.05) is 30.3 Å². The fourth-order valence-corrected chi connectivity index (χ4v) is 3.95. The molecule has 1 heterocycles. The Balaban J connectivity index is 1.43. The van der Waals surface area contributed by atoms with Crippen molar-refractivity contribution < 1.29 is 14.3 Å². The summed E-state index contributed by atoms with van der Waals surface area (Å²) in [6, 6.07) is 19.5. The molecule has 0 atom stereocenters. The number of anilines is 2. The van der Waals surface area contributed by atoms with Crippen molar-refractivity contribution in [3.8, 4) is 22.6 Å². The van der Waals surface area contributed by atoms with Crippen LogP contribution in [0.1, 0.15) is 24.0 Å². The van der Waals surface area contributed by atoms with Gasteiger partial charge in [-0.3, -0.25) is 4.79 Å². The molecule has 3 aromatic rings. The maximum Gasteiger partial charge on any atom is 0.235 e. The number of rotatable bonds is 4. The highest BCUT2D eigenvalue weighted by Crippen LogP contribution is 2.51. The van der Waals surface area contributed by atoms with Gasteiger partial charge in [-0.2, -0.15) is 0 Å². The second-order valence-electron chi connectivity index (χ2n) is 7.72. The molecule has 0 radical (unpaired) electrons. The van der Waals surface area contributed by atoms with E-state index in [1.165, 1.54) is 0 Å². The number of nitrogens with two attached hydrogens (primary N) is 1. The Morgan fingerprint density at radius 1 is 0.966 bits per heavy atom. The average Bonchev–Trinajstić information content (AvgIpc) is 3.41. The van der Waals surface area contributed by atoms with Crippen LogP contribution in [0.2, 0.25) is 0 Å². The first kappa shape index (κ1) is 17.6. The number of ether oxygens (including phenoxy) is 2. The Labute approximate surface area is 169 Å². The number of hydrogen-bond acceptors (Lipinski definition) is 4. The maximum atomic E-state index is 13.2. The smallest absolute Gasteiger partial charge is 0.235 e. The molecule has 3 aromatic carbocycles. The molecule has 146 valence electrons. The second-order valence-corrected chi connectivity index (χ2v) is 7.72. The molecule has 3 N–H and O–H groups in total. The second kappa shape index (κ2) is 6.55. The van der Waals surface area contributed by atoms with Crippen LogP contribution in [-0.2, 0) is 10.2 Å². The summed E-state index contributed by atoms with van der Waals surface area (Å²) in [5.41, 5.74) is 11.2. The Bertz CT molecular complexity index is 1120. The van der Waals surface area contributed by atoms with Gasteiger partial charge in [0.2, 0.25) is 12.7 Å². The number of carbonyl (C=O) groups excluding carboxylic acids is 1. The lowest BCUT2D eigenvalue weighted by molar-refractivity contribution is -0.118. The van der Waals surface area contributed by atoms with E-state index in [9.17, 15) is 4.79 Å². The molecular formula is C24H22N2O3. The fraction of sp³-hybridized carbons (Fsp3) is 0.208. The molecule has 2 aliphatic rings. The zero-order valence-electron chi connectivity index (χ0n) is 16.2. The average molecular weight is 386 g/mol. The van der Waals surface area contributed by atoms with Gasteiger partial charge >= 0.3 is 0 Å². The van der Waals surface area contributed by atoms with Crippen molar-refractivity contribution in [2.45, 2.75) is 25.2 Å². The Hall–Kier alpha value is -3.47. The minimum atomic E-state index is -0.502. The van der Waals surface area contributed by atoms with Gasteiger partial charge in [0.15, 0.2) is 11.5 Å². The summed E-state index contributed by atoms with van der Waals surface area (Å²) in [6.07, 6.45) is 1.64. The van der Waals surface area contributed by atoms with E-state index in [4.69, 9.17) is 15.2 Å². The van der Waals surface area contributed by atoms with Gasteiger partial charge in [0, 0.05) is 16.9 Å². The molecule has 5 rings (SSSR count). The summed E-state index contributed by atoms with van der Waals surface area (Å²) in [5, 5.41) is 3.12. The van der Waals surface area contributed by atoms with Crippen molar-refractivity contribution in [1.29, 1.82) is 0 Å². The van der Waals surface area contributed by atoms with Crippen LogP contribution in [0.4, 0.5) is 11.4 Å². The molecule has 1 aliphatic carbocycles. The number of para-hydroxylation sites is 1. The first-order valence-electron chi connectivity index (χ1n) is 9.74. The lowest BCUT2D eigenvalue weighted by Gasteiger charge is -2.17. The predicted octanol–water partition coefficient (Wildman–Crippen LogP) is 4.64. The van der Waals surface area contributed by atoms with Gasteiger partial charge in [0.25, 0.3) is 0 Å². The number of carbonyl (C=O) groups is 1. The number of fused-ring (bicyclic) bond motifs is 1. The molecule has 5 nitrogen and oxygen atoms in total. The summed E-state index contributed by atoms with van der Waals surface area (Å²) in [5.74, 6) is 1.44. The Morgan fingerprint density at radius 3 is 2.55 bits per heavy atom. The number of benzene rings is 3. The van der Waals surface area contributed by atoms with Crippen LogP contribution in [-0.4, -0.2) is 12.7 Å². The number of nitrogen functional groups attached to an aromatic ring is 1. The van der Waals surface area contributed by atoms with E-state index in [0.29, 0.717) is 5.75 Å². The summed E-state index contributed by atoms with van der Waals surface area (Å²) in [4.78, 5) is 13.2. The van der Waals surface area contributed by atoms with Crippen LogP contribution in [0.5, 0.6) is 11.5 Å². The van der Waals surface area contributed by atoms with Crippen LogP contribution >= 0.6 is 0 Å². The first-order chi connectivity index (χ1) is 14.1. The molecular weight excluding hydrogens is 364 g/mol. The van der Waals surface area contributed by atoms with Gasteiger partial charge in [0.05, 0.1) is 5.41 Å². The highest BCUT2D eigenvalue weighted by molar-refractivity contribution is 6.02. The number of hydrogen-bond donors (Lipinski definition) is 2. The third-order valence-electron chi connectivity index (χ3n) is 5.86. The number of aryl methyl sites for hydroxylation is 1. The zero-order chi connectivity index (χ0) is 20.0. The third kappa shape index (κ3) is 2.99. The number of amides is 1. The molecule has 5 heteroatoms. The highest BCUT2D eigenvalue weighted by Gasteiger charge is 2.51. The van der Waals surface area contributed by atoms with E-state index in [-0.39, 0.29) is 12.7 Å². The van der Waals surface area contributed by atoms with E-state index < -0.39 is 5.41 Å². The SMILES string of the molecule is Cc1ccc(NC(=O)C2(c3ccc4c(c3)OCO4)CC2)cc1-c1ccccc1N. The zero-order valence-corrected chi connectivity index (χ0v) is 16.2. The first-order valence-corrected chi connectivity index (χ1v) is 9.74. The van der Waals surface area contributed by atoms with Gasteiger partial charge in [-0.05, 0) is 66.8 Å². The van der Waals surface area contributed by atoms with Crippen molar-refractivity contribution in [1.82, 2.24) is 0 Å². The number of nitrogens with one attached hydrogen (secondary N) is 1. The minimum absolute atomic E-state index is 0.00667. The van der Waals surface area contributed by atoms with E-state index in [1.807, 2.05) is 67.6 Å². The van der Waals surface area contributed by atoms with Crippen LogP contribution < -0.4 is 20.5 Å². The summed E-state index contributed by atoms with van der Waals surface area (Å²) < 4.78 is 10.9. The van der Waals surface area contributed by atoms with Crippen LogP contribution in [0, 0.1) is 6.92 Å². The molecule has 0 aromatic heterocycles. The highest BCUT2D eigenvalue weighted by atomic mass is 16.7.